The minimum atomic E-state index is -2.77. The molecule has 1 unspecified atom stereocenters. The van der Waals surface area contributed by atoms with Crippen LogP contribution in [0.25, 0.3) is 0 Å². The number of aliphatic carboxylic acids is 2. The lowest BCUT2D eigenvalue weighted by atomic mass is 9.96. The van der Waals surface area contributed by atoms with E-state index in [0.717, 1.165) is 0 Å². The summed E-state index contributed by atoms with van der Waals surface area (Å²) in [5.41, 5.74) is 2.49. The molecule has 1 aliphatic heterocycles. The molecule has 0 saturated carbocycles. The van der Waals surface area contributed by atoms with Gasteiger partial charge in [0.2, 0.25) is 0 Å². The van der Waals surface area contributed by atoms with Crippen LogP contribution in [0.1, 0.15) is 12.8 Å². The third-order valence-electron chi connectivity index (χ3n) is 3.33. The fraction of sp³-hybridized carbons (Fsp3) is 0.750. The lowest BCUT2D eigenvalue weighted by Crippen LogP contribution is -2.61. The van der Waals surface area contributed by atoms with E-state index in [4.69, 9.17) is 41.3 Å². The Balaban J connectivity index is 0.000000485. The lowest BCUT2D eigenvalue weighted by molar-refractivity contribution is -0.248. The van der Waals surface area contributed by atoms with Crippen molar-refractivity contribution in [2.75, 3.05) is 6.61 Å². The first-order valence-electron chi connectivity index (χ1n) is 6.97. The molecule has 1 fully saturated rings. The van der Waals surface area contributed by atoms with Gasteiger partial charge in [0.15, 0.2) is 11.9 Å². The molecule has 0 aromatic heterocycles. The van der Waals surface area contributed by atoms with E-state index in [1.54, 1.807) is 0 Å². The van der Waals surface area contributed by atoms with Gasteiger partial charge in [-0.1, -0.05) is 0 Å². The van der Waals surface area contributed by atoms with Crippen molar-refractivity contribution >= 4 is 17.9 Å². The summed E-state index contributed by atoms with van der Waals surface area (Å²) in [6, 6.07) is -1.04. The highest BCUT2D eigenvalue weighted by atomic mass is 17.1. The monoisotopic (exact) mass is 387 g/mol. The molecule has 14 nitrogen and oxygen atoms in total. The van der Waals surface area contributed by atoms with Gasteiger partial charge in [-0.25, -0.2) is 9.59 Å². The number of hydrogen-bond acceptors (Lipinski definition) is 12. The number of carbonyl (C=O) groups excluding carboxylic acids is 1. The molecule has 0 amide bonds. The summed E-state index contributed by atoms with van der Waals surface area (Å²) in [7, 11) is 0. The Morgan fingerprint density at radius 1 is 1.08 bits per heavy atom. The Labute approximate surface area is 145 Å². The van der Waals surface area contributed by atoms with Gasteiger partial charge >= 0.3 is 17.9 Å². The topological polar surface area (TPSA) is 258 Å². The van der Waals surface area contributed by atoms with Crippen molar-refractivity contribution < 1.29 is 65.0 Å². The summed E-state index contributed by atoms with van der Waals surface area (Å²) in [5.74, 6) is -4.91. The summed E-state index contributed by atoms with van der Waals surface area (Å²) in [4.78, 5) is 34.1. The number of aliphatic hydroxyl groups is 5. The first-order valence-corrected chi connectivity index (χ1v) is 6.97. The maximum atomic E-state index is 10.4. The van der Waals surface area contributed by atoms with Crippen LogP contribution in [-0.2, 0) is 24.0 Å². The molecule has 6 atom stereocenters. The summed E-state index contributed by atoms with van der Waals surface area (Å²) in [5, 5.41) is 69.7. The van der Waals surface area contributed by atoms with Gasteiger partial charge in [-0.3, -0.25) is 4.79 Å². The molecule has 0 radical (unpaired) electrons. The van der Waals surface area contributed by atoms with E-state index in [1.807, 2.05) is 0 Å². The van der Waals surface area contributed by atoms with E-state index in [-0.39, 0.29) is 0 Å². The molecule has 152 valence electrons. The van der Waals surface area contributed by atoms with Crippen LogP contribution >= 0.6 is 0 Å². The Bertz CT molecular complexity index is 495. The second-order valence-electron chi connectivity index (χ2n) is 5.35. The van der Waals surface area contributed by atoms with Gasteiger partial charge in [0.05, 0.1) is 25.5 Å². The number of hydrogen-bond donors (Lipinski definition) is 9. The van der Waals surface area contributed by atoms with Crippen LogP contribution in [0.15, 0.2) is 0 Å². The zero-order valence-electron chi connectivity index (χ0n) is 13.2. The highest BCUT2D eigenvalue weighted by Gasteiger charge is 2.42. The average Bonchev–Trinajstić information content (AvgIpc) is 2.55. The maximum Gasteiger partial charge on any atom is 0.345 e. The first-order chi connectivity index (χ1) is 11.9. The molecule has 1 heterocycles. The normalized spacial score (nSPS) is 30.3. The standard InChI is InChI=1S/C6H13NO5.C6H8O8/c7-3-5(10)4(9)2(1-8)12-6(3)11;7-3(8)1-6(12,5(10)11)2-4(9)14-13/h2-6,8-11H,1,7H2;12-13H,1-2H2,(H,7,8)(H,10,11)/t2-,3-,4-,5-,6-;/m1./s1. The van der Waals surface area contributed by atoms with Crippen molar-refractivity contribution in [1.29, 1.82) is 0 Å². The number of carboxylic acid groups (broad SMARTS) is 2. The van der Waals surface area contributed by atoms with E-state index in [0.29, 0.717) is 0 Å². The summed E-state index contributed by atoms with van der Waals surface area (Å²) >= 11 is 0. The molecule has 0 spiro atoms. The fourth-order valence-corrected chi connectivity index (χ4v) is 1.85. The van der Waals surface area contributed by atoms with Gasteiger partial charge in [0, 0.05) is 0 Å². The fourth-order valence-electron chi connectivity index (χ4n) is 1.85. The smallest absolute Gasteiger partial charge is 0.345 e. The lowest BCUT2D eigenvalue weighted by Gasteiger charge is -2.38. The van der Waals surface area contributed by atoms with Crippen LogP contribution in [0.4, 0.5) is 0 Å². The third-order valence-corrected chi connectivity index (χ3v) is 3.33. The van der Waals surface area contributed by atoms with Gasteiger partial charge in [-0.05, 0) is 0 Å². The predicted octanol–water partition coefficient (Wildman–Crippen LogP) is -4.57. The van der Waals surface area contributed by atoms with Crippen molar-refractivity contribution in [1.82, 2.24) is 0 Å². The van der Waals surface area contributed by atoms with E-state index in [2.05, 4.69) is 4.89 Å². The molecule has 1 saturated heterocycles. The quantitative estimate of drug-likeness (QED) is 0.153. The molecule has 0 aliphatic carbocycles. The van der Waals surface area contributed by atoms with E-state index < -0.39 is 73.6 Å². The molecular weight excluding hydrogens is 366 g/mol. The SMILES string of the molecule is N[C@@H]1[C@@H](O)[C@H](O)[C@@H](CO)O[C@H]1O.O=C(O)CC(O)(CC(=O)OO)C(=O)O. The van der Waals surface area contributed by atoms with Gasteiger partial charge in [0.25, 0.3) is 0 Å². The van der Waals surface area contributed by atoms with Crippen LogP contribution in [0.2, 0.25) is 0 Å². The number of rotatable bonds is 6. The molecule has 14 heteroatoms. The van der Waals surface area contributed by atoms with Gasteiger partial charge in [-0.2, -0.15) is 5.26 Å². The molecule has 0 aromatic rings. The van der Waals surface area contributed by atoms with Crippen molar-refractivity contribution in [2.24, 2.45) is 5.73 Å². The number of aliphatic hydroxyl groups excluding tert-OH is 4. The maximum absolute atomic E-state index is 10.4. The second-order valence-corrected chi connectivity index (χ2v) is 5.35. The zero-order chi connectivity index (χ0) is 20.7. The van der Waals surface area contributed by atoms with E-state index in [9.17, 15) is 24.6 Å². The number of nitrogens with two attached hydrogens (primary N) is 1. The van der Waals surface area contributed by atoms with E-state index >= 15 is 0 Å². The van der Waals surface area contributed by atoms with Crippen molar-refractivity contribution in [3.05, 3.63) is 0 Å². The predicted molar refractivity (Wildman–Crippen MR) is 76.1 cm³/mol. The molecule has 10 N–H and O–H groups in total. The van der Waals surface area contributed by atoms with Crippen LogP contribution < -0.4 is 5.73 Å². The Kier molecular flexibility index (Phi) is 9.53. The van der Waals surface area contributed by atoms with Crippen LogP contribution in [0.3, 0.4) is 0 Å². The van der Waals surface area contributed by atoms with Crippen LogP contribution in [-0.4, -0.2) is 102 Å². The third kappa shape index (κ3) is 6.77. The van der Waals surface area contributed by atoms with E-state index in [1.165, 1.54) is 0 Å². The van der Waals surface area contributed by atoms with Gasteiger partial charge in [0.1, 0.15) is 18.3 Å². The minimum absolute atomic E-state index is 0.470. The number of ether oxygens (including phenoxy) is 1. The summed E-state index contributed by atoms with van der Waals surface area (Å²) < 4.78 is 4.70. The van der Waals surface area contributed by atoms with Crippen molar-refractivity contribution in [2.45, 2.75) is 49.1 Å². The second kappa shape index (κ2) is 10.3. The molecule has 0 bridgehead atoms. The Morgan fingerprint density at radius 3 is 2.00 bits per heavy atom. The molecular formula is C12H21NO13. The van der Waals surface area contributed by atoms with Gasteiger partial charge in [-0.15, -0.1) is 0 Å². The molecule has 1 rings (SSSR count). The Hall–Kier alpha value is -1.91. The molecule has 26 heavy (non-hydrogen) atoms. The zero-order valence-corrected chi connectivity index (χ0v) is 13.2. The Morgan fingerprint density at radius 2 is 1.62 bits per heavy atom. The largest absolute Gasteiger partial charge is 0.481 e. The van der Waals surface area contributed by atoms with Crippen LogP contribution in [0, 0.1) is 0 Å². The highest BCUT2D eigenvalue weighted by Crippen LogP contribution is 2.18. The first kappa shape index (κ1) is 24.1. The molecule has 1 aliphatic rings. The molecule has 0 aromatic carbocycles. The van der Waals surface area contributed by atoms with Gasteiger partial charge < -0.3 is 51.1 Å². The summed E-state index contributed by atoms with van der Waals surface area (Å²) in [6.07, 6.45) is -7.17. The average molecular weight is 387 g/mol. The minimum Gasteiger partial charge on any atom is -0.481 e. The van der Waals surface area contributed by atoms with Crippen molar-refractivity contribution in [3.63, 3.8) is 0 Å². The number of carbonyl (C=O) groups is 3. The number of carboxylic acids is 2. The van der Waals surface area contributed by atoms with Crippen molar-refractivity contribution in [3.8, 4) is 0 Å². The highest BCUT2D eigenvalue weighted by molar-refractivity contribution is 5.88. The van der Waals surface area contributed by atoms with Crippen LogP contribution in [0.5, 0.6) is 0 Å². The summed E-state index contributed by atoms with van der Waals surface area (Å²) in [6.45, 7) is -0.470.